The Balaban J connectivity index is 0.00000364. The molecule has 0 fully saturated rings. The molecule has 2 rings (SSSR count). The molecule has 0 amide bonds. The molecule has 7 heteroatoms. The Labute approximate surface area is 179 Å². The van der Waals surface area contributed by atoms with Gasteiger partial charge < -0.3 is 14.7 Å². The van der Waals surface area contributed by atoms with Crippen LogP contribution in [0, 0.1) is 0 Å². The summed E-state index contributed by atoms with van der Waals surface area (Å²) in [5, 5.41) is 7.34. The SMILES string of the molecule is CCNC(=NCCc1nc(C(C)C)no1)N(C)Cc1ccc(CC)cc1.I. The minimum Gasteiger partial charge on any atom is -0.357 e. The van der Waals surface area contributed by atoms with E-state index in [0.717, 1.165) is 31.3 Å². The maximum Gasteiger partial charge on any atom is 0.228 e. The van der Waals surface area contributed by atoms with Crippen LogP contribution in [0.4, 0.5) is 0 Å². The van der Waals surface area contributed by atoms with Gasteiger partial charge in [0.2, 0.25) is 5.89 Å². The third-order valence-corrected chi connectivity index (χ3v) is 4.13. The molecule has 0 unspecified atom stereocenters. The molecule has 150 valence electrons. The Bertz CT molecular complexity index is 697. The van der Waals surface area contributed by atoms with Gasteiger partial charge in [0.05, 0.1) is 6.54 Å². The van der Waals surface area contributed by atoms with E-state index in [0.29, 0.717) is 18.9 Å². The third kappa shape index (κ3) is 7.48. The van der Waals surface area contributed by atoms with Gasteiger partial charge in [0, 0.05) is 32.5 Å². The van der Waals surface area contributed by atoms with Gasteiger partial charge in [-0.05, 0) is 24.5 Å². The highest BCUT2D eigenvalue weighted by molar-refractivity contribution is 14.0. The summed E-state index contributed by atoms with van der Waals surface area (Å²) in [5.41, 5.74) is 2.63. The average molecular weight is 485 g/mol. The number of nitrogens with zero attached hydrogens (tertiary/aromatic N) is 4. The largest absolute Gasteiger partial charge is 0.357 e. The Morgan fingerprint density at radius 3 is 2.41 bits per heavy atom. The van der Waals surface area contributed by atoms with Crippen molar-refractivity contribution in [3.8, 4) is 0 Å². The van der Waals surface area contributed by atoms with Crippen LogP contribution in [0.2, 0.25) is 0 Å². The zero-order valence-corrected chi connectivity index (χ0v) is 19.4. The van der Waals surface area contributed by atoms with Gasteiger partial charge in [-0.2, -0.15) is 4.98 Å². The van der Waals surface area contributed by atoms with Gasteiger partial charge in [-0.3, -0.25) is 4.99 Å². The zero-order chi connectivity index (χ0) is 18.9. The van der Waals surface area contributed by atoms with Crippen LogP contribution in [-0.4, -0.2) is 41.1 Å². The maximum atomic E-state index is 5.28. The van der Waals surface area contributed by atoms with Crippen molar-refractivity contribution in [1.29, 1.82) is 0 Å². The minimum absolute atomic E-state index is 0. The molecule has 0 saturated carbocycles. The fraction of sp³-hybridized carbons (Fsp3) is 0.550. The molecular weight excluding hydrogens is 453 g/mol. The van der Waals surface area contributed by atoms with Crippen LogP contribution in [0.25, 0.3) is 0 Å². The molecule has 0 aliphatic heterocycles. The van der Waals surface area contributed by atoms with Crippen LogP contribution in [0.5, 0.6) is 0 Å². The molecule has 0 bridgehead atoms. The number of hydrogen-bond acceptors (Lipinski definition) is 4. The number of aromatic nitrogens is 2. The number of nitrogens with one attached hydrogen (secondary N) is 1. The molecule has 1 aromatic heterocycles. The first-order valence-electron chi connectivity index (χ1n) is 9.43. The van der Waals surface area contributed by atoms with Gasteiger partial charge in [0.1, 0.15) is 0 Å². The van der Waals surface area contributed by atoms with E-state index in [2.05, 4.69) is 79.4 Å². The Kier molecular flexibility index (Phi) is 10.4. The molecule has 0 aliphatic rings. The second kappa shape index (κ2) is 11.9. The second-order valence-corrected chi connectivity index (χ2v) is 6.71. The molecule has 0 saturated heterocycles. The van der Waals surface area contributed by atoms with Gasteiger partial charge in [-0.1, -0.05) is 50.2 Å². The molecule has 6 nitrogen and oxygen atoms in total. The standard InChI is InChI=1S/C20H31N5O.HI/c1-6-16-8-10-17(11-9-16)14-25(5)20(21-7-2)22-13-12-18-23-19(15(3)4)24-26-18;/h8-11,15H,6-7,12-14H2,1-5H3,(H,21,22);1H. The lowest BCUT2D eigenvalue weighted by Crippen LogP contribution is -2.38. The highest BCUT2D eigenvalue weighted by atomic mass is 127. The summed E-state index contributed by atoms with van der Waals surface area (Å²) in [4.78, 5) is 11.2. The molecule has 0 aliphatic carbocycles. The predicted octanol–water partition coefficient (Wildman–Crippen LogP) is 4.01. The fourth-order valence-electron chi connectivity index (χ4n) is 2.56. The van der Waals surface area contributed by atoms with Gasteiger partial charge in [0.15, 0.2) is 11.8 Å². The lowest BCUT2D eigenvalue weighted by atomic mass is 10.1. The van der Waals surface area contributed by atoms with Crippen molar-refractivity contribution in [2.45, 2.75) is 53.0 Å². The number of aliphatic imine (C=N–C) groups is 1. The average Bonchev–Trinajstić information content (AvgIpc) is 3.11. The number of rotatable bonds is 8. The van der Waals surface area contributed by atoms with E-state index >= 15 is 0 Å². The summed E-state index contributed by atoms with van der Waals surface area (Å²) in [5.74, 6) is 2.56. The first-order chi connectivity index (χ1) is 12.5. The van der Waals surface area contributed by atoms with Crippen LogP contribution >= 0.6 is 24.0 Å². The molecule has 0 atom stereocenters. The molecule has 1 heterocycles. The van der Waals surface area contributed by atoms with Gasteiger partial charge in [-0.25, -0.2) is 0 Å². The number of guanidine groups is 1. The van der Waals surface area contributed by atoms with E-state index in [1.54, 1.807) is 0 Å². The molecular formula is C20H32IN5O. The lowest BCUT2D eigenvalue weighted by molar-refractivity contribution is 0.372. The van der Waals surface area contributed by atoms with Crippen LogP contribution in [0.1, 0.15) is 56.5 Å². The second-order valence-electron chi connectivity index (χ2n) is 6.71. The highest BCUT2D eigenvalue weighted by Crippen LogP contribution is 2.10. The van der Waals surface area contributed by atoms with Crippen molar-refractivity contribution >= 4 is 29.9 Å². The lowest BCUT2D eigenvalue weighted by Gasteiger charge is -2.22. The van der Waals surface area contributed by atoms with Gasteiger partial charge in [0.25, 0.3) is 0 Å². The maximum absolute atomic E-state index is 5.28. The summed E-state index contributed by atoms with van der Waals surface area (Å²) in [6, 6.07) is 8.75. The number of aryl methyl sites for hydroxylation is 1. The quantitative estimate of drug-likeness (QED) is 0.348. The van der Waals surface area contributed by atoms with E-state index < -0.39 is 0 Å². The Hall–Kier alpha value is -1.64. The summed E-state index contributed by atoms with van der Waals surface area (Å²) < 4.78 is 5.28. The monoisotopic (exact) mass is 485 g/mol. The summed E-state index contributed by atoms with van der Waals surface area (Å²) >= 11 is 0. The normalized spacial score (nSPS) is 11.4. The highest BCUT2D eigenvalue weighted by Gasteiger charge is 2.10. The topological polar surface area (TPSA) is 66.5 Å². The first kappa shape index (κ1) is 23.4. The van der Waals surface area contributed by atoms with Crippen molar-refractivity contribution < 1.29 is 4.52 Å². The molecule has 1 N–H and O–H groups in total. The van der Waals surface area contributed by atoms with Crippen LogP contribution in [-0.2, 0) is 19.4 Å². The van der Waals surface area contributed by atoms with Gasteiger partial charge in [-0.15, -0.1) is 24.0 Å². The Morgan fingerprint density at radius 2 is 1.85 bits per heavy atom. The zero-order valence-electron chi connectivity index (χ0n) is 17.0. The van der Waals surface area contributed by atoms with Gasteiger partial charge >= 0.3 is 0 Å². The molecule has 0 spiro atoms. The minimum atomic E-state index is 0. The number of halogens is 1. The molecule has 27 heavy (non-hydrogen) atoms. The molecule has 2 aromatic rings. The van der Waals surface area contributed by atoms with E-state index in [1.165, 1.54) is 11.1 Å². The predicted molar refractivity (Wildman–Crippen MR) is 121 cm³/mol. The fourth-order valence-corrected chi connectivity index (χ4v) is 2.56. The third-order valence-electron chi connectivity index (χ3n) is 4.13. The van der Waals surface area contributed by atoms with E-state index in [1.807, 2.05) is 0 Å². The number of hydrogen-bond donors (Lipinski definition) is 1. The first-order valence-corrected chi connectivity index (χ1v) is 9.43. The van der Waals surface area contributed by atoms with Crippen LogP contribution < -0.4 is 5.32 Å². The van der Waals surface area contributed by atoms with Crippen LogP contribution in [0.3, 0.4) is 0 Å². The van der Waals surface area contributed by atoms with Crippen molar-refractivity contribution in [3.63, 3.8) is 0 Å². The van der Waals surface area contributed by atoms with Crippen molar-refractivity contribution in [2.75, 3.05) is 20.1 Å². The van der Waals surface area contributed by atoms with E-state index in [4.69, 9.17) is 9.52 Å². The van der Waals surface area contributed by atoms with Crippen molar-refractivity contribution in [1.82, 2.24) is 20.4 Å². The number of benzene rings is 1. The van der Waals surface area contributed by atoms with Crippen LogP contribution in [0.15, 0.2) is 33.8 Å². The Morgan fingerprint density at radius 1 is 1.19 bits per heavy atom. The summed E-state index contributed by atoms with van der Waals surface area (Å²) in [6.07, 6.45) is 1.71. The van der Waals surface area contributed by atoms with E-state index in [-0.39, 0.29) is 29.9 Å². The van der Waals surface area contributed by atoms with Crippen molar-refractivity contribution in [3.05, 3.63) is 47.1 Å². The van der Waals surface area contributed by atoms with Crippen molar-refractivity contribution in [2.24, 2.45) is 4.99 Å². The molecule has 0 radical (unpaired) electrons. The van der Waals surface area contributed by atoms with E-state index in [9.17, 15) is 0 Å². The molecule has 1 aromatic carbocycles. The smallest absolute Gasteiger partial charge is 0.228 e. The summed E-state index contributed by atoms with van der Waals surface area (Å²) in [7, 11) is 2.05. The summed E-state index contributed by atoms with van der Waals surface area (Å²) in [6.45, 7) is 10.6.